The number of benzene rings is 3. The zero-order valence-electron chi connectivity index (χ0n) is 18.3. The van der Waals surface area contributed by atoms with Crippen LogP contribution >= 0.6 is 47.0 Å². The van der Waals surface area contributed by atoms with Crippen molar-refractivity contribution in [2.45, 2.75) is 0 Å². The van der Waals surface area contributed by atoms with Gasteiger partial charge >= 0.3 is 0 Å². The van der Waals surface area contributed by atoms with E-state index in [2.05, 4.69) is 10.6 Å². The minimum atomic E-state index is -0.666. The maximum atomic E-state index is 13.2. The molecule has 0 bridgehead atoms. The molecule has 1 heterocycles. The van der Waals surface area contributed by atoms with Gasteiger partial charge in [-0.15, -0.1) is 0 Å². The maximum Gasteiger partial charge on any atom is 0.270 e. The first-order chi connectivity index (χ1) is 17.2. The summed E-state index contributed by atoms with van der Waals surface area (Å²) in [5.74, 6) is -1.51. The number of nitrogens with zero attached hydrogens (tertiary/aromatic N) is 1. The highest BCUT2D eigenvalue weighted by Crippen LogP contribution is 2.28. The van der Waals surface area contributed by atoms with Gasteiger partial charge in [-0.1, -0.05) is 53.0 Å². The third-order valence-electron chi connectivity index (χ3n) is 4.95. The molecule has 0 spiro atoms. The predicted octanol–water partition coefficient (Wildman–Crippen LogP) is 5.50. The molecule has 36 heavy (non-hydrogen) atoms. The van der Waals surface area contributed by atoms with Crippen LogP contribution < -0.4 is 20.3 Å². The lowest BCUT2D eigenvalue weighted by Crippen LogP contribution is -2.54. The number of carbonyl (C=O) groups excluding carboxylic acids is 3. The van der Waals surface area contributed by atoms with Gasteiger partial charge in [-0.3, -0.25) is 24.6 Å². The molecule has 3 aromatic carbocycles. The molecule has 1 saturated heterocycles. The number of nitrogens with one attached hydrogen (secondary N) is 2. The van der Waals surface area contributed by atoms with Crippen molar-refractivity contribution in [1.29, 1.82) is 0 Å². The van der Waals surface area contributed by atoms with Crippen LogP contribution in [0.2, 0.25) is 15.1 Å². The minimum absolute atomic E-state index is 0.0325. The largest absolute Gasteiger partial charge is 0.483 e. The Balaban J connectivity index is 1.56. The van der Waals surface area contributed by atoms with E-state index in [4.69, 9.17) is 51.8 Å². The molecular formula is C25H16Cl3N3O4S. The van der Waals surface area contributed by atoms with Crippen molar-refractivity contribution in [3.63, 3.8) is 0 Å². The first-order valence-corrected chi connectivity index (χ1v) is 11.9. The van der Waals surface area contributed by atoms with E-state index < -0.39 is 17.7 Å². The van der Waals surface area contributed by atoms with Gasteiger partial charge in [-0.05, 0) is 66.8 Å². The van der Waals surface area contributed by atoms with Crippen LogP contribution in [-0.4, -0.2) is 29.4 Å². The number of thiocarbonyl (C=S) groups is 1. The monoisotopic (exact) mass is 559 g/mol. The molecule has 1 aliphatic heterocycles. The fourth-order valence-electron chi connectivity index (χ4n) is 3.30. The van der Waals surface area contributed by atoms with Gasteiger partial charge in [0.1, 0.15) is 11.3 Å². The van der Waals surface area contributed by atoms with Gasteiger partial charge in [0.05, 0.1) is 15.7 Å². The summed E-state index contributed by atoms with van der Waals surface area (Å²) in [7, 11) is 0. The van der Waals surface area contributed by atoms with Crippen LogP contribution in [0.1, 0.15) is 5.56 Å². The lowest BCUT2D eigenvalue weighted by Gasteiger charge is -2.29. The number of hydrogen-bond acceptors (Lipinski definition) is 5. The second-order valence-electron chi connectivity index (χ2n) is 7.44. The summed E-state index contributed by atoms with van der Waals surface area (Å²) in [6.45, 7) is -0.363. The summed E-state index contributed by atoms with van der Waals surface area (Å²) in [5, 5.41) is 6.13. The molecular weight excluding hydrogens is 545 g/mol. The molecule has 3 amide bonds. The summed E-state index contributed by atoms with van der Waals surface area (Å²) < 4.78 is 5.67. The summed E-state index contributed by atoms with van der Waals surface area (Å²) in [5.41, 5.74) is 1.09. The second kappa shape index (κ2) is 11.1. The lowest BCUT2D eigenvalue weighted by atomic mass is 10.1. The van der Waals surface area contributed by atoms with Crippen LogP contribution in [0.3, 0.4) is 0 Å². The van der Waals surface area contributed by atoms with Crippen molar-refractivity contribution in [2.24, 2.45) is 0 Å². The molecule has 1 fully saturated rings. The molecule has 0 aliphatic carbocycles. The highest BCUT2D eigenvalue weighted by Gasteiger charge is 2.34. The molecule has 2 N–H and O–H groups in total. The Bertz CT molecular complexity index is 1410. The van der Waals surface area contributed by atoms with Gasteiger partial charge < -0.3 is 10.1 Å². The van der Waals surface area contributed by atoms with E-state index in [9.17, 15) is 14.4 Å². The Hall–Kier alpha value is -3.43. The third kappa shape index (κ3) is 5.85. The summed E-state index contributed by atoms with van der Waals surface area (Å²) in [6.07, 6.45) is 1.34. The average molecular weight is 561 g/mol. The van der Waals surface area contributed by atoms with Gasteiger partial charge in [-0.2, -0.15) is 0 Å². The summed E-state index contributed by atoms with van der Waals surface area (Å²) in [6, 6.07) is 17.9. The zero-order chi connectivity index (χ0) is 25.8. The lowest BCUT2D eigenvalue weighted by molar-refractivity contribution is -0.122. The van der Waals surface area contributed by atoms with Gasteiger partial charge in [0.15, 0.2) is 11.7 Å². The van der Waals surface area contributed by atoms with E-state index in [1.165, 1.54) is 29.2 Å². The number of carbonyl (C=O) groups is 3. The Kier molecular flexibility index (Phi) is 7.91. The number of anilines is 2. The molecule has 0 saturated carbocycles. The Morgan fingerprint density at radius 3 is 2.47 bits per heavy atom. The fourth-order valence-corrected chi connectivity index (χ4v) is 4.06. The Labute approximate surface area is 226 Å². The van der Waals surface area contributed by atoms with Gasteiger partial charge in [0.2, 0.25) is 0 Å². The van der Waals surface area contributed by atoms with E-state index in [1.807, 2.05) is 0 Å². The predicted molar refractivity (Wildman–Crippen MR) is 145 cm³/mol. The zero-order valence-corrected chi connectivity index (χ0v) is 21.3. The van der Waals surface area contributed by atoms with Crippen molar-refractivity contribution >= 4 is 87.3 Å². The molecule has 182 valence electrons. The molecule has 3 aromatic rings. The topological polar surface area (TPSA) is 87.7 Å². The molecule has 0 aromatic heterocycles. The van der Waals surface area contributed by atoms with Crippen LogP contribution in [-0.2, 0) is 14.4 Å². The standard InChI is InChI=1S/C25H16Cl3N3O4S/c26-15-6-9-21(35-13-22(32)29-16-7-8-19(27)20(28)12-16)14(10-15)11-18-23(33)30-25(36)31(24(18)34)17-4-2-1-3-5-17/h1-12H,13H2,(H,29,32)(H,30,33,36)/b18-11-. The molecule has 4 rings (SSSR count). The SMILES string of the molecule is O=C(COc1ccc(Cl)cc1/C=C1/C(=O)NC(=S)N(c2ccccc2)C1=O)Nc1ccc(Cl)c(Cl)c1. The minimum Gasteiger partial charge on any atom is -0.483 e. The smallest absolute Gasteiger partial charge is 0.270 e. The normalized spacial score (nSPS) is 14.6. The highest BCUT2D eigenvalue weighted by molar-refractivity contribution is 7.80. The van der Waals surface area contributed by atoms with Crippen molar-refractivity contribution in [3.8, 4) is 5.75 Å². The van der Waals surface area contributed by atoms with Crippen LogP contribution in [0.4, 0.5) is 11.4 Å². The molecule has 0 radical (unpaired) electrons. The van der Waals surface area contributed by atoms with Crippen molar-refractivity contribution in [2.75, 3.05) is 16.8 Å². The van der Waals surface area contributed by atoms with Gasteiger partial charge in [0.25, 0.3) is 17.7 Å². The third-order valence-corrected chi connectivity index (χ3v) is 6.21. The molecule has 7 nitrogen and oxygen atoms in total. The van der Waals surface area contributed by atoms with Crippen LogP contribution in [0, 0.1) is 0 Å². The average Bonchev–Trinajstić information content (AvgIpc) is 2.84. The number of hydrogen-bond donors (Lipinski definition) is 2. The van der Waals surface area contributed by atoms with Crippen LogP contribution in [0.5, 0.6) is 5.75 Å². The summed E-state index contributed by atoms with van der Waals surface area (Å²) >= 11 is 23.2. The first-order valence-electron chi connectivity index (χ1n) is 10.4. The molecule has 0 unspecified atom stereocenters. The van der Waals surface area contributed by atoms with Crippen LogP contribution in [0.25, 0.3) is 6.08 Å². The quantitative estimate of drug-likeness (QED) is 0.236. The van der Waals surface area contributed by atoms with E-state index in [1.54, 1.807) is 48.5 Å². The molecule has 11 heteroatoms. The highest BCUT2D eigenvalue weighted by atomic mass is 35.5. The van der Waals surface area contributed by atoms with Crippen molar-refractivity contribution < 1.29 is 19.1 Å². The van der Waals surface area contributed by atoms with Gasteiger partial charge in [-0.25, -0.2) is 0 Å². The van der Waals surface area contributed by atoms with Gasteiger partial charge in [0, 0.05) is 16.3 Å². The van der Waals surface area contributed by atoms with Crippen LogP contribution in [0.15, 0.2) is 72.3 Å². The van der Waals surface area contributed by atoms with E-state index in [-0.39, 0.29) is 23.0 Å². The number of amides is 3. The van der Waals surface area contributed by atoms with E-state index >= 15 is 0 Å². The molecule has 1 aliphatic rings. The van der Waals surface area contributed by atoms with Crippen molar-refractivity contribution in [3.05, 3.63) is 92.9 Å². The maximum absolute atomic E-state index is 13.2. The first kappa shape index (κ1) is 25.7. The number of para-hydroxylation sites is 1. The Morgan fingerprint density at radius 1 is 1.00 bits per heavy atom. The Morgan fingerprint density at radius 2 is 1.75 bits per heavy atom. The fraction of sp³-hybridized carbons (Fsp3) is 0.0400. The number of ether oxygens (including phenoxy) is 1. The summed E-state index contributed by atoms with van der Waals surface area (Å²) in [4.78, 5) is 39.5. The van der Waals surface area contributed by atoms with Crippen molar-refractivity contribution in [1.82, 2.24) is 5.32 Å². The molecule has 0 atom stereocenters. The second-order valence-corrected chi connectivity index (χ2v) is 9.08. The number of rotatable bonds is 6. The number of halogens is 3. The van der Waals surface area contributed by atoms with E-state index in [0.717, 1.165) is 0 Å². The van der Waals surface area contributed by atoms with E-state index in [0.29, 0.717) is 32.0 Å².